The van der Waals surface area contributed by atoms with Gasteiger partial charge in [0.25, 0.3) is 0 Å². The van der Waals surface area contributed by atoms with Gasteiger partial charge in [-0.3, -0.25) is 4.79 Å². The van der Waals surface area contributed by atoms with Crippen LogP contribution in [0.4, 0.5) is 0 Å². The Morgan fingerprint density at radius 1 is 1.25 bits per heavy atom. The topological polar surface area (TPSA) is 29.1 Å². The van der Waals surface area contributed by atoms with E-state index in [0.717, 1.165) is 31.0 Å². The number of alkyl halides is 1. The van der Waals surface area contributed by atoms with Gasteiger partial charge < -0.3 is 5.32 Å². The third kappa shape index (κ3) is 3.47. The molecule has 2 nitrogen and oxygen atoms in total. The Morgan fingerprint density at radius 2 is 1.81 bits per heavy atom. The second-order valence-electron chi connectivity index (χ2n) is 4.95. The highest BCUT2D eigenvalue weighted by Gasteiger charge is 2.30. The summed E-state index contributed by atoms with van der Waals surface area (Å²) in [5.41, 5.74) is -0.0332. The molecule has 1 saturated carbocycles. The highest BCUT2D eigenvalue weighted by Crippen LogP contribution is 2.26. The molecule has 0 radical (unpaired) electrons. The molecule has 1 rings (SSSR count). The minimum Gasteiger partial charge on any atom is -0.350 e. The van der Waals surface area contributed by atoms with Gasteiger partial charge in [-0.25, -0.2) is 0 Å². The lowest BCUT2D eigenvalue weighted by Gasteiger charge is -2.33. The lowest BCUT2D eigenvalue weighted by atomic mass is 9.87. The Balaban J connectivity index is 2.53. The molecule has 16 heavy (non-hydrogen) atoms. The van der Waals surface area contributed by atoms with Gasteiger partial charge in [0.2, 0.25) is 5.91 Å². The van der Waals surface area contributed by atoms with Crippen LogP contribution in [-0.2, 0) is 4.79 Å². The molecular formula is C13H24BrNO. The summed E-state index contributed by atoms with van der Waals surface area (Å²) in [6, 6.07) is 0. The van der Waals surface area contributed by atoms with Crippen molar-refractivity contribution < 1.29 is 4.79 Å². The van der Waals surface area contributed by atoms with Crippen LogP contribution in [0.5, 0.6) is 0 Å². The third-order valence-electron chi connectivity index (χ3n) is 3.97. The highest BCUT2D eigenvalue weighted by molar-refractivity contribution is 9.09. The lowest BCUT2D eigenvalue weighted by molar-refractivity contribution is -0.127. The molecule has 0 unspecified atom stereocenters. The van der Waals surface area contributed by atoms with Crippen molar-refractivity contribution in [2.75, 3.05) is 5.33 Å². The van der Waals surface area contributed by atoms with E-state index in [1.165, 1.54) is 19.3 Å². The van der Waals surface area contributed by atoms with Gasteiger partial charge in [0, 0.05) is 16.8 Å². The van der Waals surface area contributed by atoms with Crippen molar-refractivity contribution >= 4 is 21.8 Å². The van der Waals surface area contributed by atoms with Crippen molar-refractivity contribution in [2.45, 2.75) is 64.3 Å². The van der Waals surface area contributed by atoms with Gasteiger partial charge in [0.1, 0.15) is 0 Å². The number of nitrogens with one attached hydrogen (secondary N) is 1. The third-order valence-corrected chi connectivity index (χ3v) is 5.05. The van der Waals surface area contributed by atoms with Crippen LogP contribution < -0.4 is 5.32 Å². The summed E-state index contributed by atoms with van der Waals surface area (Å²) in [7, 11) is 0. The summed E-state index contributed by atoms with van der Waals surface area (Å²) in [6.45, 7) is 4.29. The highest BCUT2D eigenvalue weighted by atomic mass is 79.9. The molecule has 0 bridgehead atoms. The number of amides is 1. The molecule has 1 aliphatic rings. The molecule has 1 N–H and O–H groups in total. The maximum atomic E-state index is 12.2. The maximum Gasteiger partial charge on any atom is 0.223 e. The van der Waals surface area contributed by atoms with Crippen molar-refractivity contribution in [2.24, 2.45) is 5.92 Å². The van der Waals surface area contributed by atoms with Crippen molar-refractivity contribution in [3.8, 4) is 0 Å². The summed E-state index contributed by atoms with van der Waals surface area (Å²) in [5, 5.41) is 4.12. The number of hydrogen-bond donors (Lipinski definition) is 1. The van der Waals surface area contributed by atoms with Gasteiger partial charge in [0.15, 0.2) is 0 Å². The molecule has 3 heteroatoms. The van der Waals surface area contributed by atoms with Gasteiger partial charge in [-0.15, -0.1) is 0 Å². The average Bonchev–Trinajstić information content (AvgIpc) is 2.37. The van der Waals surface area contributed by atoms with E-state index in [0.29, 0.717) is 0 Å². The van der Waals surface area contributed by atoms with E-state index < -0.39 is 0 Å². The quantitative estimate of drug-likeness (QED) is 0.770. The maximum absolute atomic E-state index is 12.2. The molecule has 94 valence electrons. The Hall–Kier alpha value is -0.0500. The fourth-order valence-electron chi connectivity index (χ4n) is 2.38. The second kappa shape index (κ2) is 6.63. The van der Waals surface area contributed by atoms with Crippen LogP contribution >= 0.6 is 15.9 Å². The van der Waals surface area contributed by atoms with Crippen LogP contribution in [0, 0.1) is 5.92 Å². The normalized spacial score (nSPS) is 18.4. The van der Waals surface area contributed by atoms with Crippen LogP contribution in [0.25, 0.3) is 0 Å². The molecule has 0 heterocycles. The van der Waals surface area contributed by atoms with Crippen LogP contribution in [0.15, 0.2) is 0 Å². The van der Waals surface area contributed by atoms with Crippen LogP contribution in [0.3, 0.4) is 0 Å². The zero-order chi connectivity index (χ0) is 12.0. The molecule has 1 amide bonds. The number of hydrogen-bond acceptors (Lipinski definition) is 1. The fourth-order valence-corrected chi connectivity index (χ4v) is 3.31. The summed E-state index contributed by atoms with van der Waals surface area (Å²) in [6.07, 6.45) is 7.89. The van der Waals surface area contributed by atoms with Crippen LogP contribution in [0.1, 0.15) is 58.8 Å². The molecule has 0 saturated heterocycles. The van der Waals surface area contributed by atoms with E-state index in [1.807, 2.05) is 0 Å². The molecule has 0 spiro atoms. The minimum atomic E-state index is -0.0332. The van der Waals surface area contributed by atoms with Gasteiger partial charge in [-0.2, -0.15) is 0 Å². The van der Waals surface area contributed by atoms with Crippen molar-refractivity contribution in [3.05, 3.63) is 0 Å². The predicted octanol–water partition coefficient (Wildman–Crippen LogP) is 3.64. The first kappa shape index (κ1) is 14.0. The summed E-state index contributed by atoms with van der Waals surface area (Å²) in [4.78, 5) is 12.2. The van der Waals surface area contributed by atoms with E-state index in [9.17, 15) is 4.79 Å². The predicted molar refractivity (Wildman–Crippen MR) is 71.8 cm³/mol. The van der Waals surface area contributed by atoms with Gasteiger partial charge in [-0.05, 0) is 25.7 Å². The Labute approximate surface area is 108 Å². The molecule has 0 aromatic rings. The smallest absolute Gasteiger partial charge is 0.223 e. The van der Waals surface area contributed by atoms with Gasteiger partial charge >= 0.3 is 0 Å². The first-order valence-corrected chi connectivity index (χ1v) is 7.67. The number of rotatable bonds is 5. The van der Waals surface area contributed by atoms with Crippen molar-refractivity contribution in [1.82, 2.24) is 5.32 Å². The summed E-state index contributed by atoms with van der Waals surface area (Å²) >= 11 is 3.53. The molecule has 1 aliphatic carbocycles. The number of halogens is 1. The monoisotopic (exact) mass is 289 g/mol. The van der Waals surface area contributed by atoms with Crippen LogP contribution in [0.2, 0.25) is 0 Å². The number of carbonyl (C=O) groups is 1. The fraction of sp³-hybridized carbons (Fsp3) is 0.923. The lowest BCUT2D eigenvalue weighted by Crippen LogP contribution is -2.51. The molecular weight excluding hydrogens is 266 g/mol. The van der Waals surface area contributed by atoms with Gasteiger partial charge in [-0.1, -0.05) is 49.0 Å². The van der Waals surface area contributed by atoms with Crippen molar-refractivity contribution in [1.29, 1.82) is 0 Å². The Kier molecular flexibility index (Phi) is 5.81. The average molecular weight is 290 g/mol. The molecule has 0 aliphatic heterocycles. The Morgan fingerprint density at radius 3 is 2.25 bits per heavy atom. The van der Waals surface area contributed by atoms with Crippen molar-refractivity contribution in [3.63, 3.8) is 0 Å². The first-order valence-electron chi connectivity index (χ1n) is 6.55. The molecule has 0 atom stereocenters. The molecule has 0 aromatic heterocycles. The SMILES string of the molecule is CCC(CC)(CBr)NC(=O)C1CCCCC1. The van der Waals surface area contributed by atoms with E-state index in [4.69, 9.17) is 0 Å². The van der Waals surface area contributed by atoms with E-state index >= 15 is 0 Å². The Bertz CT molecular complexity index is 212. The van der Waals surface area contributed by atoms with E-state index in [-0.39, 0.29) is 17.4 Å². The first-order chi connectivity index (χ1) is 7.67. The standard InChI is InChI=1S/C13H24BrNO/c1-3-13(4-2,10-14)15-12(16)11-8-6-5-7-9-11/h11H,3-10H2,1-2H3,(H,15,16). The largest absolute Gasteiger partial charge is 0.350 e. The summed E-state index contributed by atoms with van der Waals surface area (Å²) in [5.74, 6) is 0.549. The van der Waals surface area contributed by atoms with Crippen LogP contribution in [-0.4, -0.2) is 16.8 Å². The second-order valence-corrected chi connectivity index (χ2v) is 5.51. The van der Waals surface area contributed by atoms with E-state index in [1.54, 1.807) is 0 Å². The summed E-state index contributed by atoms with van der Waals surface area (Å²) < 4.78 is 0. The minimum absolute atomic E-state index is 0.0332. The molecule has 0 aromatic carbocycles. The molecule has 1 fully saturated rings. The number of carbonyl (C=O) groups excluding carboxylic acids is 1. The zero-order valence-corrected chi connectivity index (χ0v) is 12.1. The van der Waals surface area contributed by atoms with Gasteiger partial charge in [0.05, 0.1) is 0 Å². The zero-order valence-electron chi connectivity index (χ0n) is 10.5. The van der Waals surface area contributed by atoms with E-state index in [2.05, 4.69) is 35.1 Å².